The summed E-state index contributed by atoms with van der Waals surface area (Å²) in [5.74, 6) is 0. The van der Waals surface area contributed by atoms with Crippen molar-refractivity contribution in [2.45, 2.75) is 19.8 Å². The molecule has 0 spiro atoms. The number of benzene rings is 9. The third kappa shape index (κ3) is 4.27. The summed E-state index contributed by atoms with van der Waals surface area (Å²) in [5, 5.41) is 13.0. The summed E-state index contributed by atoms with van der Waals surface area (Å²) in [6.45, 7) is 2.27. The zero-order chi connectivity index (χ0) is 33.2. The van der Waals surface area contributed by atoms with Gasteiger partial charge >= 0.3 is 0 Å². The fourth-order valence-electron chi connectivity index (χ4n) is 8.59. The van der Waals surface area contributed by atoms with Gasteiger partial charge in [-0.05, 0) is 90.1 Å². The minimum absolute atomic E-state index is 1.08. The van der Waals surface area contributed by atoms with Gasteiger partial charge in [-0.2, -0.15) is 0 Å². The van der Waals surface area contributed by atoms with E-state index >= 15 is 0 Å². The molecule has 0 aliphatic rings. The Labute approximate surface area is 291 Å². The molecular weight excluding hydrogens is 603 g/mol. The van der Waals surface area contributed by atoms with E-state index < -0.39 is 0 Å². The number of rotatable bonds is 5. The fourth-order valence-corrected chi connectivity index (χ4v) is 8.59. The van der Waals surface area contributed by atoms with E-state index in [4.69, 9.17) is 0 Å². The van der Waals surface area contributed by atoms with Crippen molar-refractivity contribution < 1.29 is 0 Å². The van der Waals surface area contributed by atoms with Crippen LogP contribution in [0.5, 0.6) is 0 Å². The molecule has 0 unspecified atom stereocenters. The average molecular weight is 638 g/mol. The molecule has 0 amide bonds. The van der Waals surface area contributed by atoms with Gasteiger partial charge in [0.2, 0.25) is 0 Å². The van der Waals surface area contributed by atoms with E-state index in [9.17, 15) is 0 Å². The molecule has 1 heteroatoms. The molecule has 0 atom stereocenters. The molecule has 0 aliphatic carbocycles. The van der Waals surface area contributed by atoms with Crippen molar-refractivity contribution in [3.63, 3.8) is 0 Å². The molecule has 1 heterocycles. The molecule has 0 saturated heterocycles. The molecule has 236 valence electrons. The Bertz CT molecular complexity index is 2850. The smallest absolute Gasteiger partial charge is 0.0619 e. The maximum atomic E-state index is 2.51. The minimum Gasteiger partial charge on any atom is -0.309 e. The van der Waals surface area contributed by atoms with Gasteiger partial charge in [0, 0.05) is 21.8 Å². The SMILES string of the molecule is CCCc1cccc2c1ccc1c3c4ccccc4ccc3n(-c3ccc(-c4c5ccccc5c(-c5ccccc5)c5ccccc45)cc3)c21. The van der Waals surface area contributed by atoms with E-state index in [1.807, 2.05) is 0 Å². The Hall–Kier alpha value is -6.18. The van der Waals surface area contributed by atoms with Crippen molar-refractivity contribution in [1.29, 1.82) is 0 Å². The average Bonchev–Trinajstić information content (AvgIpc) is 3.53. The first-order chi connectivity index (χ1) is 24.8. The number of nitrogens with zero attached hydrogens (tertiary/aromatic N) is 1. The lowest BCUT2D eigenvalue weighted by Crippen LogP contribution is -1.96. The molecule has 0 aliphatic heterocycles. The molecule has 0 bridgehead atoms. The van der Waals surface area contributed by atoms with Crippen LogP contribution in [0.15, 0.2) is 170 Å². The van der Waals surface area contributed by atoms with Gasteiger partial charge in [0.15, 0.2) is 0 Å². The van der Waals surface area contributed by atoms with Crippen molar-refractivity contribution in [1.82, 2.24) is 4.57 Å². The zero-order valence-electron chi connectivity index (χ0n) is 28.0. The summed E-state index contributed by atoms with van der Waals surface area (Å²) in [4.78, 5) is 0. The third-order valence-corrected chi connectivity index (χ3v) is 10.7. The van der Waals surface area contributed by atoms with E-state index in [0.717, 1.165) is 12.8 Å². The fraction of sp³-hybridized carbons (Fsp3) is 0.0612. The number of fused-ring (bicyclic) bond motifs is 9. The number of hydrogen-bond donors (Lipinski definition) is 0. The van der Waals surface area contributed by atoms with Crippen LogP contribution in [0.1, 0.15) is 18.9 Å². The lowest BCUT2D eigenvalue weighted by molar-refractivity contribution is 0.930. The van der Waals surface area contributed by atoms with E-state index in [0.29, 0.717) is 0 Å². The van der Waals surface area contributed by atoms with Gasteiger partial charge in [0.1, 0.15) is 0 Å². The monoisotopic (exact) mass is 637 g/mol. The Balaban J connectivity index is 1.25. The number of aromatic nitrogens is 1. The highest BCUT2D eigenvalue weighted by Crippen LogP contribution is 2.45. The normalized spacial score (nSPS) is 11.9. The molecule has 9 aromatic carbocycles. The second-order valence-electron chi connectivity index (χ2n) is 13.5. The van der Waals surface area contributed by atoms with E-state index in [1.54, 1.807) is 0 Å². The van der Waals surface area contributed by atoms with Crippen LogP contribution in [-0.2, 0) is 6.42 Å². The van der Waals surface area contributed by atoms with Gasteiger partial charge in [-0.25, -0.2) is 0 Å². The molecule has 1 aromatic heterocycles. The molecule has 0 saturated carbocycles. The van der Waals surface area contributed by atoms with Crippen molar-refractivity contribution >= 4 is 64.9 Å². The quantitative estimate of drug-likeness (QED) is 0.166. The lowest BCUT2D eigenvalue weighted by Gasteiger charge is -2.18. The van der Waals surface area contributed by atoms with Gasteiger partial charge in [-0.3, -0.25) is 0 Å². The second kappa shape index (κ2) is 11.5. The summed E-state index contributed by atoms with van der Waals surface area (Å²) in [5.41, 5.74) is 10.2. The number of aryl methyl sites for hydroxylation is 1. The van der Waals surface area contributed by atoms with Gasteiger partial charge in [-0.1, -0.05) is 165 Å². The van der Waals surface area contributed by atoms with E-state index in [2.05, 4.69) is 181 Å². The first-order valence-electron chi connectivity index (χ1n) is 17.8. The maximum absolute atomic E-state index is 2.51. The van der Waals surface area contributed by atoms with Gasteiger partial charge < -0.3 is 4.57 Å². The lowest BCUT2D eigenvalue weighted by atomic mass is 9.86. The third-order valence-electron chi connectivity index (χ3n) is 10.7. The van der Waals surface area contributed by atoms with Crippen molar-refractivity contribution in [3.05, 3.63) is 175 Å². The van der Waals surface area contributed by atoms with Crippen molar-refractivity contribution in [2.24, 2.45) is 0 Å². The molecule has 10 aromatic rings. The topological polar surface area (TPSA) is 4.93 Å². The predicted molar refractivity (Wildman–Crippen MR) is 216 cm³/mol. The molecule has 1 nitrogen and oxygen atoms in total. The molecular formula is C49H35N. The highest BCUT2D eigenvalue weighted by molar-refractivity contribution is 6.26. The first kappa shape index (κ1) is 28.8. The molecule has 10 rings (SSSR count). The Kier molecular flexibility index (Phi) is 6.60. The predicted octanol–water partition coefficient (Wildman–Crippen LogP) is 13.7. The maximum Gasteiger partial charge on any atom is 0.0619 e. The Morgan fingerprint density at radius 3 is 1.62 bits per heavy atom. The highest BCUT2D eigenvalue weighted by atomic mass is 15.0. The van der Waals surface area contributed by atoms with Crippen LogP contribution in [0, 0.1) is 0 Å². The summed E-state index contributed by atoms with van der Waals surface area (Å²) >= 11 is 0. The van der Waals surface area contributed by atoms with Gasteiger partial charge in [0.25, 0.3) is 0 Å². The minimum atomic E-state index is 1.08. The largest absolute Gasteiger partial charge is 0.309 e. The van der Waals surface area contributed by atoms with Crippen LogP contribution < -0.4 is 0 Å². The summed E-state index contributed by atoms with van der Waals surface area (Å²) < 4.78 is 2.51. The standard InChI is InChI=1S/C49H35N/c1-2-13-32-17-12-23-43-37(32)29-30-44-48-38-18-7-6-14-33(38)26-31-45(48)50(49(43)44)36-27-24-35(25-28-36)47-41-21-10-8-19-39(41)46(34-15-4-3-5-16-34)40-20-9-11-22-42(40)47/h3-12,14-31H,2,13H2,1H3. The second-order valence-corrected chi connectivity index (χ2v) is 13.5. The molecule has 0 N–H and O–H groups in total. The zero-order valence-corrected chi connectivity index (χ0v) is 28.0. The highest BCUT2D eigenvalue weighted by Gasteiger charge is 2.20. The summed E-state index contributed by atoms with van der Waals surface area (Å²) in [6, 6.07) is 62.9. The molecule has 50 heavy (non-hydrogen) atoms. The first-order valence-corrected chi connectivity index (χ1v) is 17.8. The van der Waals surface area contributed by atoms with Crippen LogP contribution in [0.3, 0.4) is 0 Å². The van der Waals surface area contributed by atoms with Crippen LogP contribution in [0.25, 0.3) is 92.8 Å². The van der Waals surface area contributed by atoms with Crippen LogP contribution >= 0.6 is 0 Å². The van der Waals surface area contributed by atoms with E-state index in [-0.39, 0.29) is 0 Å². The van der Waals surface area contributed by atoms with Crippen LogP contribution in [0.4, 0.5) is 0 Å². The number of hydrogen-bond acceptors (Lipinski definition) is 0. The van der Waals surface area contributed by atoms with Crippen LogP contribution in [0.2, 0.25) is 0 Å². The van der Waals surface area contributed by atoms with Crippen LogP contribution in [-0.4, -0.2) is 4.57 Å². The Morgan fingerprint density at radius 1 is 0.400 bits per heavy atom. The summed E-state index contributed by atoms with van der Waals surface area (Å²) in [6.07, 6.45) is 2.20. The summed E-state index contributed by atoms with van der Waals surface area (Å²) in [7, 11) is 0. The molecule has 0 fully saturated rings. The van der Waals surface area contributed by atoms with Crippen molar-refractivity contribution in [2.75, 3.05) is 0 Å². The van der Waals surface area contributed by atoms with Crippen molar-refractivity contribution in [3.8, 4) is 27.9 Å². The Morgan fingerprint density at radius 2 is 0.960 bits per heavy atom. The van der Waals surface area contributed by atoms with Gasteiger partial charge in [-0.15, -0.1) is 0 Å². The van der Waals surface area contributed by atoms with Gasteiger partial charge in [0.05, 0.1) is 11.0 Å². The van der Waals surface area contributed by atoms with E-state index in [1.165, 1.54) is 98.4 Å². The molecule has 0 radical (unpaired) electrons.